The monoisotopic (exact) mass is 287 g/mol. The molecule has 1 aromatic rings. The predicted octanol–water partition coefficient (Wildman–Crippen LogP) is -0.675. The van der Waals surface area contributed by atoms with Crippen molar-refractivity contribution in [2.45, 2.75) is 19.0 Å². The van der Waals surface area contributed by atoms with Gasteiger partial charge >= 0.3 is 0 Å². The first-order chi connectivity index (χ1) is 8.97. The number of hydrogen-bond acceptors (Lipinski definition) is 5. The zero-order valence-corrected chi connectivity index (χ0v) is 10.2. The van der Waals surface area contributed by atoms with Crippen LogP contribution in [0.3, 0.4) is 0 Å². The van der Waals surface area contributed by atoms with E-state index in [1.54, 1.807) is 12.1 Å². The molecule has 19 heavy (non-hydrogen) atoms. The van der Waals surface area contributed by atoms with E-state index in [-0.39, 0.29) is 12.5 Å². The molecule has 1 aliphatic rings. The Morgan fingerprint density at radius 3 is 2.89 bits per heavy atom. The van der Waals surface area contributed by atoms with Gasteiger partial charge in [0.2, 0.25) is 0 Å². The van der Waals surface area contributed by atoms with Crippen LogP contribution in [0.2, 0.25) is 5.15 Å². The van der Waals surface area contributed by atoms with Crippen molar-refractivity contribution in [2.75, 3.05) is 0 Å². The van der Waals surface area contributed by atoms with Gasteiger partial charge in [-0.25, -0.2) is 15.1 Å². The van der Waals surface area contributed by atoms with Crippen molar-refractivity contribution in [2.24, 2.45) is 5.10 Å². The molecule has 0 radical (unpaired) electrons. The third-order valence-electron chi connectivity index (χ3n) is 2.47. The van der Waals surface area contributed by atoms with Crippen LogP contribution in [0.25, 0.3) is 0 Å². The second kappa shape index (κ2) is 5.34. The van der Waals surface area contributed by atoms with Crippen LogP contribution in [0.5, 0.6) is 0 Å². The highest BCUT2D eigenvalue weighted by Crippen LogP contribution is 2.15. The average Bonchev–Trinajstić information content (AvgIpc) is 2.59. The van der Waals surface area contributed by atoms with Crippen LogP contribution >= 0.6 is 11.6 Å². The minimum absolute atomic E-state index is 0.0854. The Balaban J connectivity index is 2.20. The SMILES string of the molecule is O=[N+]([O-])/N=C1\NC(O)C(O)N1Cc1ccc(Cl)nc1. The molecule has 1 saturated heterocycles. The second-order valence-electron chi connectivity index (χ2n) is 3.78. The van der Waals surface area contributed by atoms with E-state index < -0.39 is 17.5 Å². The Labute approximate surface area is 112 Å². The highest BCUT2D eigenvalue weighted by Gasteiger charge is 2.37. The normalized spacial score (nSPS) is 24.6. The number of aromatic nitrogens is 1. The summed E-state index contributed by atoms with van der Waals surface area (Å²) < 4.78 is 0. The molecule has 2 heterocycles. The maximum Gasteiger partial charge on any atom is 0.275 e. The lowest BCUT2D eigenvalue weighted by molar-refractivity contribution is -0.485. The van der Waals surface area contributed by atoms with Gasteiger partial charge < -0.3 is 20.4 Å². The van der Waals surface area contributed by atoms with Gasteiger partial charge in [-0.05, 0) is 11.6 Å². The summed E-state index contributed by atoms with van der Waals surface area (Å²) in [4.78, 5) is 15.4. The van der Waals surface area contributed by atoms with Crippen molar-refractivity contribution in [3.05, 3.63) is 39.2 Å². The number of nitrogens with zero attached hydrogens (tertiary/aromatic N) is 4. The number of nitrogens with one attached hydrogen (secondary N) is 1. The number of pyridine rings is 1. The van der Waals surface area contributed by atoms with E-state index in [1.165, 1.54) is 6.20 Å². The fourth-order valence-electron chi connectivity index (χ4n) is 1.61. The lowest BCUT2D eigenvalue weighted by Crippen LogP contribution is -2.36. The molecular formula is C9H10ClN5O4. The fourth-order valence-corrected chi connectivity index (χ4v) is 1.73. The molecule has 0 aliphatic carbocycles. The van der Waals surface area contributed by atoms with Crippen LogP contribution < -0.4 is 5.32 Å². The van der Waals surface area contributed by atoms with E-state index in [0.717, 1.165) is 4.90 Å². The highest BCUT2D eigenvalue weighted by molar-refractivity contribution is 6.29. The van der Waals surface area contributed by atoms with E-state index >= 15 is 0 Å². The summed E-state index contributed by atoms with van der Waals surface area (Å²) >= 11 is 5.64. The summed E-state index contributed by atoms with van der Waals surface area (Å²) in [6.07, 6.45) is -1.22. The molecule has 0 aromatic carbocycles. The van der Waals surface area contributed by atoms with E-state index in [2.05, 4.69) is 15.4 Å². The molecule has 2 rings (SSSR count). The molecule has 0 bridgehead atoms. The Morgan fingerprint density at radius 1 is 1.58 bits per heavy atom. The Kier molecular flexibility index (Phi) is 3.79. The van der Waals surface area contributed by atoms with E-state index in [4.69, 9.17) is 11.6 Å². The van der Waals surface area contributed by atoms with Crippen molar-refractivity contribution in [3.63, 3.8) is 0 Å². The number of aliphatic hydroxyl groups excluding tert-OH is 2. The summed E-state index contributed by atoms with van der Waals surface area (Å²) in [6, 6.07) is 3.20. The number of hydrogen-bond donors (Lipinski definition) is 3. The first-order valence-electron chi connectivity index (χ1n) is 5.20. The topological polar surface area (TPSA) is 124 Å². The zero-order chi connectivity index (χ0) is 14.0. The van der Waals surface area contributed by atoms with Gasteiger partial charge in [-0.15, -0.1) is 0 Å². The van der Waals surface area contributed by atoms with Crippen LogP contribution in [-0.2, 0) is 6.54 Å². The molecule has 1 aliphatic heterocycles. The molecule has 2 unspecified atom stereocenters. The number of rotatable bonds is 3. The van der Waals surface area contributed by atoms with E-state index in [0.29, 0.717) is 10.7 Å². The summed E-state index contributed by atoms with van der Waals surface area (Å²) in [5, 5.41) is 34.3. The summed E-state index contributed by atoms with van der Waals surface area (Å²) in [6.45, 7) is 0.0854. The van der Waals surface area contributed by atoms with Gasteiger partial charge in [0, 0.05) is 6.20 Å². The number of hydrazone groups is 1. The third kappa shape index (κ3) is 3.08. The van der Waals surface area contributed by atoms with Crippen molar-refractivity contribution < 1.29 is 15.2 Å². The molecule has 1 aromatic heterocycles. The number of nitro groups is 1. The smallest absolute Gasteiger partial charge is 0.275 e. The van der Waals surface area contributed by atoms with Crippen LogP contribution in [0.4, 0.5) is 0 Å². The van der Waals surface area contributed by atoms with Crippen LogP contribution in [-0.4, -0.2) is 43.5 Å². The van der Waals surface area contributed by atoms with Crippen molar-refractivity contribution in [3.8, 4) is 0 Å². The standard InChI is InChI=1S/C9H10ClN5O4/c10-6-2-1-5(3-11-6)4-14-8(17)7(16)12-9(14)13-15(18)19/h1-3,7-8,16-17H,4H2,(H,12,13). The zero-order valence-electron chi connectivity index (χ0n) is 9.47. The van der Waals surface area contributed by atoms with Gasteiger partial charge in [-0.1, -0.05) is 17.7 Å². The number of aliphatic hydroxyl groups is 2. The van der Waals surface area contributed by atoms with Crippen LogP contribution in [0.15, 0.2) is 23.4 Å². The van der Waals surface area contributed by atoms with E-state index in [9.17, 15) is 20.3 Å². The second-order valence-corrected chi connectivity index (χ2v) is 4.17. The maximum absolute atomic E-state index is 10.4. The fraction of sp³-hybridized carbons (Fsp3) is 0.333. The maximum atomic E-state index is 10.4. The minimum Gasteiger partial charge on any atom is -0.369 e. The van der Waals surface area contributed by atoms with Gasteiger partial charge in [-0.3, -0.25) is 0 Å². The Hall–Kier alpha value is -1.97. The number of halogens is 1. The Bertz CT molecular complexity index is 508. The molecule has 3 N–H and O–H groups in total. The van der Waals surface area contributed by atoms with E-state index in [1.807, 2.05) is 0 Å². The lowest BCUT2D eigenvalue weighted by atomic mass is 10.2. The molecule has 9 nitrogen and oxygen atoms in total. The third-order valence-corrected chi connectivity index (χ3v) is 2.69. The largest absolute Gasteiger partial charge is 0.369 e. The molecule has 0 spiro atoms. The first kappa shape index (κ1) is 13.5. The molecule has 102 valence electrons. The molecule has 0 amide bonds. The molecule has 10 heteroatoms. The van der Waals surface area contributed by atoms with Gasteiger partial charge in [0.15, 0.2) is 17.5 Å². The molecule has 2 atom stereocenters. The first-order valence-corrected chi connectivity index (χ1v) is 5.58. The summed E-state index contributed by atoms with van der Waals surface area (Å²) in [7, 11) is 0. The van der Waals surface area contributed by atoms with Gasteiger partial charge in [0.1, 0.15) is 10.3 Å². The van der Waals surface area contributed by atoms with Gasteiger partial charge in [0.25, 0.3) is 5.96 Å². The Morgan fingerprint density at radius 2 is 2.32 bits per heavy atom. The van der Waals surface area contributed by atoms with Crippen molar-refractivity contribution in [1.82, 2.24) is 15.2 Å². The molecular weight excluding hydrogens is 278 g/mol. The predicted molar refractivity (Wildman–Crippen MR) is 64.4 cm³/mol. The summed E-state index contributed by atoms with van der Waals surface area (Å²) in [5.74, 6) is -0.222. The van der Waals surface area contributed by atoms with Crippen LogP contribution in [0.1, 0.15) is 5.56 Å². The quantitative estimate of drug-likeness (QED) is 0.382. The number of guanidine groups is 1. The molecule has 0 saturated carbocycles. The highest BCUT2D eigenvalue weighted by atomic mass is 35.5. The molecule has 1 fully saturated rings. The van der Waals surface area contributed by atoms with Crippen molar-refractivity contribution in [1.29, 1.82) is 0 Å². The lowest BCUT2D eigenvalue weighted by Gasteiger charge is -2.20. The average molecular weight is 288 g/mol. The van der Waals surface area contributed by atoms with Crippen molar-refractivity contribution >= 4 is 17.6 Å². The minimum atomic E-state index is -1.35. The summed E-state index contributed by atoms with van der Waals surface area (Å²) in [5.41, 5.74) is 0.649. The van der Waals surface area contributed by atoms with Gasteiger partial charge in [-0.2, -0.15) is 0 Å². The van der Waals surface area contributed by atoms with Crippen LogP contribution in [0, 0.1) is 10.1 Å². The van der Waals surface area contributed by atoms with Gasteiger partial charge in [0.05, 0.1) is 6.54 Å².